The van der Waals surface area contributed by atoms with Gasteiger partial charge in [-0.2, -0.15) is 0 Å². The molecule has 2 saturated carbocycles. The number of rotatable bonds is 3. The van der Waals surface area contributed by atoms with Crippen LogP contribution in [0.3, 0.4) is 0 Å². The van der Waals surface area contributed by atoms with Gasteiger partial charge in [-0.15, -0.1) is 0 Å². The Balaban J connectivity index is 1.79. The molecule has 16 heavy (non-hydrogen) atoms. The van der Waals surface area contributed by atoms with Gasteiger partial charge in [0, 0.05) is 24.5 Å². The first-order chi connectivity index (χ1) is 7.76. The lowest BCUT2D eigenvalue weighted by atomic mass is 9.66. The van der Waals surface area contributed by atoms with Crippen LogP contribution >= 0.6 is 0 Å². The van der Waals surface area contributed by atoms with Crippen LogP contribution in [0, 0.1) is 23.2 Å². The summed E-state index contributed by atoms with van der Waals surface area (Å²) in [5.41, 5.74) is 6.05. The van der Waals surface area contributed by atoms with E-state index in [-0.39, 0.29) is 11.5 Å². The average Bonchev–Trinajstić information content (AvgIpc) is 3.03. The SMILES string of the molecule is NCC1(C(O)C2CCOC2)CC2CCC1C2. The van der Waals surface area contributed by atoms with Gasteiger partial charge in [-0.25, -0.2) is 0 Å². The molecule has 0 radical (unpaired) electrons. The van der Waals surface area contributed by atoms with Crippen LogP contribution < -0.4 is 5.73 Å². The Morgan fingerprint density at radius 3 is 2.75 bits per heavy atom. The van der Waals surface area contributed by atoms with Crippen molar-refractivity contribution in [3.8, 4) is 0 Å². The van der Waals surface area contributed by atoms with Gasteiger partial charge in [0.25, 0.3) is 0 Å². The first kappa shape index (κ1) is 11.0. The number of ether oxygens (including phenoxy) is 1. The summed E-state index contributed by atoms with van der Waals surface area (Å²) in [6, 6.07) is 0. The first-order valence-corrected chi connectivity index (χ1v) is 6.72. The molecule has 1 aliphatic heterocycles. The Hall–Kier alpha value is -0.120. The van der Waals surface area contributed by atoms with Crippen molar-refractivity contribution in [1.29, 1.82) is 0 Å². The van der Waals surface area contributed by atoms with Gasteiger partial charge in [0.2, 0.25) is 0 Å². The molecule has 0 aromatic rings. The smallest absolute Gasteiger partial charge is 0.0662 e. The average molecular weight is 225 g/mol. The molecule has 3 heteroatoms. The fraction of sp³-hybridized carbons (Fsp3) is 1.00. The summed E-state index contributed by atoms with van der Waals surface area (Å²) in [5.74, 6) is 1.85. The van der Waals surface area contributed by atoms with E-state index in [0.29, 0.717) is 18.4 Å². The fourth-order valence-corrected chi connectivity index (χ4v) is 4.49. The maximum atomic E-state index is 10.7. The lowest BCUT2D eigenvalue weighted by Crippen LogP contribution is -2.49. The Morgan fingerprint density at radius 2 is 2.25 bits per heavy atom. The lowest BCUT2D eigenvalue weighted by Gasteiger charge is -2.43. The minimum Gasteiger partial charge on any atom is -0.392 e. The third-order valence-electron chi connectivity index (χ3n) is 5.40. The Kier molecular flexibility index (Phi) is 2.73. The van der Waals surface area contributed by atoms with Crippen molar-refractivity contribution in [2.45, 2.75) is 38.2 Å². The van der Waals surface area contributed by atoms with Gasteiger partial charge in [0.05, 0.1) is 12.7 Å². The van der Waals surface area contributed by atoms with E-state index in [9.17, 15) is 5.11 Å². The van der Waals surface area contributed by atoms with Crippen molar-refractivity contribution in [3.63, 3.8) is 0 Å². The molecule has 5 unspecified atom stereocenters. The predicted molar refractivity (Wildman–Crippen MR) is 61.9 cm³/mol. The van der Waals surface area contributed by atoms with Gasteiger partial charge in [-0.3, -0.25) is 0 Å². The van der Waals surface area contributed by atoms with E-state index in [4.69, 9.17) is 10.5 Å². The van der Waals surface area contributed by atoms with Crippen LogP contribution in [0.4, 0.5) is 0 Å². The second-order valence-corrected chi connectivity index (χ2v) is 6.09. The molecule has 2 bridgehead atoms. The number of aliphatic hydroxyl groups is 1. The predicted octanol–water partition coefficient (Wildman–Crippen LogP) is 1.15. The maximum absolute atomic E-state index is 10.7. The van der Waals surface area contributed by atoms with Gasteiger partial charge in [-0.05, 0) is 37.5 Å². The fourth-order valence-electron chi connectivity index (χ4n) is 4.49. The molecule has 2 aliphatic carbocycles. The van der Waals surface area contributed by atoms with Crippen LogP contribution in [0.5, 0.6) is 0 Å². The molecule has 92 valence electrons. The number of hydrogen-bond donors (Lipinski definition) is 2. The van der Waals surface area contributed by atoms with E-state index in [1.807, 2.05) is 0 Å². The molecule has 3 fully saturated rings. The maximum Gasteiger partial charge on any atom is 0.0662 e. The van der Waals surface area contributed by atoms with Crippen molar-refractivity contribution < 1.29 is 9.84 Å². The molecule has 3 nitrogen and oxygen atoms in total. The summed E-state index contributed by atoms with van der Waals surface area (Å²) in [7, 11) is 0. The highest BCUT2D eigenvalue weighted by molar-refractivity contribution is 5.06. The van der Waals surface area contributed by atoms with E-state index in [1.165, 1.54) is 19.3 Å². The minimum atomic E-state index is -0.227. The minimum absolute atomic E-state index is 0.0291. The second kappa shape index (κ2) is 3.97. The van der Waals surface area contributed by atoms with Gasteiger partial charge in [0.15, 0.2) is 0 Å². The van der Waals surface area contributed by atoms with Crippen molar-refractivity contribution in [2.24, 2.45) is 28.9 Å². The van der Waals surface area contributed by atoms with Gasteiger partial charge < -0.3 is 15.6 Å². The number of hydrogen-bond acceptors (Lipinski definition) is 3. The van der Waals surface area contributed by atoms with Crippen LogP contribution in [-0.2, 0) is 4.74 Å². The highest BCUT2D eigenvalue weighted by atomic mass is 16.5. The third-order valence-corrected chi connectivity index (χ3v) is 5.40. The quantitative estimate of drug-likeness (QED) is 0.757. The molecule has 3 aliphatic rings. The van der Waals surface area contributed by atoms with Crippen molar-refractivity contribution in [2.75, 3.05) is 19.8 Å². The summed E-state index contributed by atoms with van der Waals surface area (Å²) in [6.07, 6.45) is 5.90. The molecule has 0 amide bonds. The molecular weight excluding hydrogens is 202 g/mol. The van der Waals surface area contributed by atoms with Crippen LogP contribution in [0.15, 0.2) is 0 Å². The number of nitrogens with two attached hydrogens (primary N) is 1. The summed E-state index contributed by atoms with van der Waals surface area (Å²) in [5, 5.41) is 10.7. The topological polar surface area (TPSA) is 55.5 Å². The molecule has 1 heterocycles. The number of aliphatic hydroxyl groups excluding tert-OH is 1. The largest absolute Gasteiger partial charge is 0.392 e. The van der Waals surface area contributed by atoms with Crippen LogP contribution in [-0.4, -0.2) is 31.0 Å². The monoisotopic (exact) mass is 225 g/mol. The summed E-state index contributed by atoms with van der Waals surface area (Å²) < 4.78 is 5.41. The van der Waals surface area contributed by atoms with E-state index < -0.39 is 0 Å². The highest BCUT2D eigenvalue weighted by Crippen LogP contribution is 2.58. The molecule has 1 saturated heterocycles. The van der Waals surface area contributed by atoms with E-state index >= 15 is 0 Å². The Bertz CT molecular complexity index is 265. The molecule has 0 spiro atoms. The van der Waals surface area contributed by atoms with Gasteiger partial charge >= 0.3 is 0 Å². The van der Waals surface area contributed by atoms with Crippen molar-refractivity contribution in [3.05, 3.63) is 0 Å². The van der Waals surface area contributed by atoms with Crippen molar-refractivity contribution in [1.82, 2.24) is 0 Å². The summed E-state index contributed by atoms with van der Waals surface area (Å²) >= 11 is 0. The second-order valence-electron chi connectivity index (χ2n) is 6.09. The molecule has 3 rings (SSSR count). The molecular formula is C13H23NO2. The first-order valence-electron chi connectivity index (χ1n) is 6.72. The van der Waals surface area contributed by atoms with E-state index in [0.717, 1.165) is 32.0 Å². The highest BCUT2D eigenvalue weighted by Gasteiger charge is 2.55. The zero-order valence-electron chi connectivity index (χ0n) is 9.90. The summed E-state index contributed by atoms with van der Waals surface area (Å²) in [4.78, 5) is 0. The van der Waals surface area contributed by atoms with Crippen LogP contribution in [0.25, 0.3) is 0 Å². The molecule has 0 aromatic carbocycles. The lowest BCUT2D eigenvalue weighted by molar-refractivity contribution is -0.0494. The normalized spacial score (nSPS) is 48.8. The third kappa shape index (κ3) is 1.45. The standard InChI is InChI=1S/C13H23NO2/c14-8-13(6-9-1-2-11(13)5-9)12(15)10-3-4-16-7-10/h9-12,15H,1-8,14H2. The van der Waals surface area contributed by atoms with E-state index in [1.54, 1.807) is 0 Å². The summed E-state index contributed by atoms with van der Waals surface area (Å²) in [6.45, 7) is 2.21. The van der Waals surface area contributed by atoms with E-state index in [2.05, 4.69) is 0 Å². The molecule has 5 atom stereocenters. The van der Waals surface area contributed by atoms with Crippen molar-refractivity contribution >= 4 is 0 Å². The molecule has 0 aromatic heterocycles. The zero-order chi connectivity index (χ0) is 11.2. The van der Waals surface area contributed by atoms with Gasteiger partial charge in [-0.1, -0.05) is 6.42 Å². The van der Waals surface area contributed by atoms with Gasteiger partial charge in [0.1, 0.15) is 0 Å². The Morgan fingerprint density at radius 1 is 1.38 bits per heavy atom. The number of fused-ring (bicyclic) bond motifs is 2. The van der Waals surface area contributed by atoms with Crippen LogP contribution in [0.2, 0.25) is 0 Å². The van der Waals surface area contributed by atoms with Crippen LogP contribution in [0.1, 0.15) is 32.1 Å². The Labute approximate surface area is 97.3 Å². The zero-order valence-corrected chi connectivity index (χ0v) is 9.90. The molecule has 3 N–H and O–H groups in total.